The number of nitrogens with zero attached hydrogens (tertiary/aromatic N) is 1. The lowest BCUT2D eigenvalue weighted by molar-refractivity contribution is -0.117. The second-order valence-corrected chi connectivity index (χ2v) is 5.18. The van der Waals surface area contributed by atoms with Gasteiger partial charge in [0, 0.05) is 36.8 Å². The highest BCUT2D eigenvalue weighted by molar-refractivity contribution is 7.98. The normalized spacial score (nSPS) is 16.5. The van der Waals surface area contributed by atoms with Gasteiger partial charge in [0.05, 0.1) is 6.54 Å². The molecule has 0 aromatic heterocycles. The first-order chi connectivity index (χ1) is 8.78. The number of rotatable bonds is 4. The molecule has 1 heterocycles. The summed E-state index contributed by atoms with van der Waals surface area (Å²) < 4.78 is 0. The minimum atomic E-state index is 0.0637. The second-order valence-electron chi connectivity index (χ2n) is 4.30. The van der Waals surface area contributed by atoms with Crippen LogP contribution in [0.1, 0.15) is 0 Å². The standard InChI is InChI=1S/C13H19N3OS/c1-18-12-4-2-11(3-5-12)15-13(17)10-16-8-6-14-7-9-16/h2-5,14H,6-10H2,1H3,(H,15,17). The third-order valence-electron chi connectivity index (χ3n) is 2.95. The van der Waals surface area contributed by atoms with Crippen molar-refractivity contribution in [1.82, 2.24) is 10.2 Å². The lowest BCUT2D eigenvalue weighted by Gasteiger charge is -2.26. The molecule has 1 amide bonds. The maximum absolute atomic E-state index is 11.9. The number of anilines is 1. The molecule has 1 aromatic rings. The summed E-state index contributed by atoms with van der Waals surface area (Å²) in [7, 11) is 0. The molecule has 0 atom stereocenters. The van der Waals surface area contributed by atoms with Crippen LogP contribution in [-0.4, -0.2) is 49.8 Å². The molecule has 1 aromatic carbocycles. The molecule has 2 rings (SSSR count). The van der Waals surface area contributed by atoms with Crippen molar-refractivity contribution in [2.24, 2.45) is 0 Å². The summed E-state index contributed by atoms with van der Waals surface area (Å²) in [6.07, 6.45) is 2.04. The highest BCUT2D eigenvalue weighted by Crippen LogP contribution is 2.17. The number of hydrogen-bond acceptors (Lipinski definition) is 4. The molecule has 0 aliphatic carbocycles. The number of benzene rings is 1. The van der Waals surface area contributed by atoms with Gasteiger partial charge in [-0.1, -0.05) is 0 Å². The topological polar surface area (TPSA) is 44.4 Å². The quantitative estimate of drug-likeness (QED) is 0.804. The fraction of sp³-hybridized carbons (Fsp3) is 0.462. The van der Waals surface area contributed by atoms with Gasteiger partial charge in [-0.2, -0.15) is 0 Å². The number of piperazine rings is 1. The second kappa shape index (κ2) is 6.78. The average molecular weight is 265 g/mol. The van der Waals surface area contributed by atoms with E-state index in [1.165, 1.54) is 4.90 Å². The van der Waals surface area contributed by atoms with E-state index >= 15 is 0 Å². The predicted octanol–water partition coefficient (Wildman–Crippen LogP) is 1.25. The van der Waals surface area contributed by atoms with Crippen LogP contribution >= 0.6 is 11.8 Å². The summed E-state index contributed by atoms with van der Waals surface area (Å²) in [5.41, 5.74) is 0.868. The molecule has 1 aliphatic rings. The maximum Gasteiger partial charge on any atom is 0.238 e. The summed E-state index contributed by atoms with van der Waals surface area (Å²) >= 11 is 1.70. The molecule has 2 N–H and O–H groups in total. The van der Waals surface area contributed by atoms with Crippen molar-refractivity contribution in [2.45, 2.75) is 4.90 Å². The Balaban J connectivity index is 1.82. The van der Waals surface area contributed by atoms with Gasteiger partial charge in [0.1, 0.15) is 0 Å². The van der Waals surface area contributed by atoms with E-state index in [0.29, 0.717) is 6.54 Å². The van der Waals surface area contributed by atoms with E-state index in [4.69, 9.17) is 0 Å². The average Bonchev–Trinajstić information content (AvgIpc) is 2.40. The molecule has 1 saturated heterocycles. The van der Waals surface area contributed by atoms with Crippen molar-refractivity contribution in [1.29, 1.82) is 0 Å². The van der Waals surface area contributed by atoms with Gasteiger partial charge in [0.15, 0.2) is 0 Å². The molecule has 0 spiro atoms. The van der Waals surface area contributed by atoms with Gasteiger partial charge in [-0.25, -0.2) is 0 Å². The highest BCUT2D eigenvalue weighted by Gasteiger charge is 2.13. The molecule has 0 bridgehead atoms. The molecule has 0 saturated carbocycles. The number of carbonyl (C=O) groups excluding carboxylic acids is 1. The fourth-order valence-corrected chi connectivity index (χ4v) is 2.36. The summed E-state index contributed by atoms with van der Waals surface area (Å²) in [6.45, 7) is 4.30. The van der Waals surface area contributed by atoms with Gasteiger partial charge in [-0.15, -0.1) is 11.8 Å². The van der Waals surface area contributed by atoms with Crippen molar-refractivity contribution in [3.8, 4) is 0 Å². The van der Waals surface area contributed by atoms with Gasteiger partial charge in [-0.3, -0.25) is 9.69 Å². The fourth-order valence-electron chi connectivity index (χ4n) is 1.95. The van der Waals surface area contributed by atoms with Crippen LogP contribution in [0.2, 0.25) is 0 Å². The van der Waals surface area contributed by atoms with Crippen LogP contribution < -0.4 is 10.6 Å². The van der Waals surface area contributed by atoms with Crippen molar-refractivity contribution in [3.63, 3.8) is 0 Å². The number of amides is 1. The monoisotopic (exact) mass is 265 g/mol. The van der Waals surface area contributed by atoms with E-state index in [1.54, 1.807) is 11.8 Å². The van der Waals surface area contributed by atoms with Crippen LogP contribution in [0.25, 0.3) is 0 Å². The predicted molar refractivity (Wildman–Crippen MR) is 76.2 cm³/mol. The van der Waals surface area contributed by atoms with Crippen LogP contribution in [0.5, 0.6) is 0 Å². The van der Waals surface area contributed by atoms with Gasteiger partial charge in [0.2, 0.25) is 5.91 Å². The molecule has 1 aliphatic heterocycles. The van der Waals surface area contributed by atoms with Crippen LogP contribution in [0.4, 0.5) is 5.69 Å². The zero-order valence-electron chi connectivity index (χ0n) is 10.6. The minimum Gasteiger partial charge on any atom is -0.325 e. The molecule has 5 heteroatoms. The molecule has 0 radical (unpaired) electrons. The molecule has 4 nitrogen and oxygen atoms in total. The molecule has 1 fully saturated rings. The van der Waals surface area contributed by atoms with Crippen molar-refractivity contribution >= 4 is 23.4 Å². The Morgan fingerprint density at radius 3 is 2.61 bits per heavy atom. The summed E-state index contributed by atoms with van der Waals surface area (Å²) in [6, 6.07) is 7.93. The molecule has 0 unspecified atom stereocenters. The van der Waals surface area contributed by atoms with E-state index in [2.05, 4.69) is 15.5 Å². The Morgan fingerprint density at radius 2 is 2.00 bits per heavy atom. The summed E-state index contributed by atoms with van der Waals surface area (Å²) in [4.78, 5) is 15.2. The Bertz CT molecular complexity index is 388. The van der Waals surface area contributed by atoms with Crippen molar-refractivity contribution in [3.05, 3.63) is 24.3 Å². The first kappa shape index (κ1) is 13.4. The van der Waals surface area contributed by atoms with E-state index < -0.39 is 0 Å². The van der Waals surface area contributed by atoms with E-state index in [9.17, 15) is 4.79 Å². The number of nitrogens with one attached hydrogen (secondary N) is 2. The Kier molecular flexibility index (Phi) is 5.04. The van der Waals surface area contributed by atoms with Crippen LogP contribution in [0.15, 0.2) is 29.2 Å². The largest absolute Gasteiger partial charge is 0.325 e. The molecular weight excluding hydrogens is 246 g/mol. The third kappa shape index (κ3) is 4.01. The Labute approximate surface area is 112 Å². The van der Waals surface area contributed by atoms with Crippen LogP contribution in [-0.2, 0) is 4.79 Å². The summed E-state index contributed by atoms with van der Waals surface area (Å²) in [5.74, 6) is 0.0637. The molecule has 98 valence electrons. The lowest BCUT2D eigenvalue weighted by atomic mass is 10.3. The van der Waals surface area contributed by atoms with Crippen molar-refractivity contribution in [2.75, 3.05) is 44.3 Å². The molecular formula is C13H19N3OS. The molecule has 18 heavy (non-hydrogen) atoms. The minimum absolute atomic E-state index is 0.0637. The van der Waals surface area contributed by atoms with E-state index in [1.807, 2.05) is 30.5 Å². The number of carbonyl (C=O) groups is 1. The Hall–Kier alpha value is -1.04. The van der Waals surface area contributed by atoms with Gasteiger partial charge >= 0.3 is 0 Å². The van der Waals surface area contributed by atoms with Gasteiger partial charge < -0.3 is 10.6 Å². The summed E-state index contributed by atoms with van der Waals surface area (Å²) in [5, 5.41) is 6.20. The first-order valence-corrected chi connectivity index (χ1v) is 7.37. The van der Waals surface area contributed by atoms with Gasteiger partial charge in [-0.05, 0) is 30.5 Å². The van der Waals surface area contributed by atoms with E-state index in [-0.39, 0.29) is 5.91 Å². The first-order valence-electron chi connectivity index (χ1n) is 6.15. The van der Waals surface area contributed by atoms with Crippen LogP contribution in [0, 0.1) is 0 Å². The van der Waals surface area contributed by atoms with Crippen molar-refractivity contribution < 1.29 is 4.79 Å². The zero-order valence-corrected chi connectivity index (χ0v) is 11.4. The maximum atomic E-state index is 11.9. The van der Waals surface area contributed by atoms with E-state index in [0.717, 1.165) is 31.9 Å². The Morgan fingerprint density at radius 1 is 1.33 bits per heavy atom. The number of thioether (sulfide) groups is 1. The lowest BCUT2D eigenvalue weighted by Crippen LogP contribution is -2.46. The van der Waals surface area contributed by atoms with Gasteiger partial charge in [0.25, 0.3) is 0 Å². The smallest absolute Gasteiger partial charge is 0.238 e. The SMILES string of the molecule is CSc1ccc(NC(=O)CN2CCNCC2)cc1. The van der Waals surface area contributed by atoms with Crippen LogP contribution in [0.3, 0.4) is 0 Å². The third-order valence-corrected chi connectivity index (χ3v) is 3.69. The zero-order chi connectivity index (χ0) is 12.8. The number of hydrogen-bond donors (Lipinski definition) is 2. The highest BCUT2D eigenvalue weighted by atomic mass is 32.2.